The van der Waals surface area contributed by atoms with Crippen LogP contribution in [0.3, 0.4) is 0 Å². The van der Waals surface area contributed by atoms with Crippen LogP contribution in [0.5, 0.6) is 0 Å². The van der Waals surface area contributed by atoms with Crippen molar-refractivity contribution in [3.05, 3.63) is 0 Å². The van der Waals surface area contributed by atoms with Gasteiger partial charge in [0.25, 0.3) is 0 Å². The lowest BCUT2D eigenvalue weighted by Crippen LogP contribution is -2.48. The first kappa shape index (κ1) is 13.2. The number of carbonyl (C=O) groups is 2. The number of aliphatic carboxylic acids is 1. The molecule has 0 radical (unpaired) electrons. The minimum Gasteiger partial charge on any atom is -0.480 e. The maximum atomic E-state index is 11.7. The van der Waals surface area contributed by atoms with Gasteiger partial charge in [-0.05, 0) is 37.0 Å². The summed E-state index contributed by atoms with van der Waals surface area (Å²) >= 11 is 0. The third-order valence-corrected chi connectivity index (χ3v) is 4.21. The van der Waals surface area contributed by atoms with Crippen LogP contribution in [-0.2, 0) is 4.79 Å². The van der Waals surface area contributed by atoms with Gasteiger partial charge in [-0.3, -0.25) is 0 Å². The summed E-state index contributed by atoms with van der Waals surface area (Å²) < 4.78 is 0. The second kappa shape index (κ2) is 5.59. The van der Waals surface area contributed by atoms with Crippen LogP contribution in [0.2, 0.25) is 0 Å². The first-order valence-electron chi connectivity index (χ1n) is 6.85. The van der Waals surface area contributed by atoms with Gasteiger partial charge in [-0.2, -0.15) is 0 Å². The summed E-state index contributed by atoms with van der Waals surface area (Å²) in [5, 5.41) is 14.4. The number of carbonyl (C=O) groups excluding carboxylic acids is 1. The molecule has 0 saturated heterocycles. The van der Waals surface area contributed by atoms with Gasteiger partial charge >= 0.3 is 12.0 Å². The molecule has 2 fully saturated rings. The fraction of sp³-hybridized carbons (Fsp3) is 0.846. The average Bonchev–Trinajstić information content (AvgIpc) is 3.07. The predicted octanol–water partition coefficient (Wildman–Crippen LogP) is 1.58. The van der Waals surface area contributed by atoms with E-state index in [1.165, 1.54) is 12.8 Å². The van der Waals surface area contributed by atoms with Crippen molar-refractivity contribution in [2.45, 2.75) is 45.1 Å². The number of hydrogen-bond acceptors (Lipinski definition) is 2. The molecule has 0 aromatic rings. The monoisotopic (exact) mass is 254 g/mol. The predicted molar refractivity (Wildman–Crippen MR) is 67.2 cm³/mol. The third kappa shape index (κ3) is 3.37. The highest BCUT2D eigenvalue weighted by molar-refractivity contribution is 5.83. The van der Waals surface area contributed by atoms with Gasteiger partial charge in [0.15, 0.2) is 0 Å². The summed E-state index contributed by atoms with van der Waals surface area (Å²) in [4.78, 5) is 22.7. The first-order chi connectivity index (χ1) is 8.58. The maximum Gasteiger partial charge on any atom is 0.326 e. The Balaban J connectivity index is 1.72. The van der Waals surface area contributed by atoms with Crippen LogP contribution < -0.4 is 10.6 Å². The molecular weight excluding hydrogens is 232 g/mol. The van der Waals surface area contributed by atoms with Crippen LogP contribution in [0.15, 0.2) is 0 Å². The topological polar surface area (TPSA) is 78.4 Å². The fourth-order valence-corrected chi connectivity index (χ4v) is 2.75. The van der Waals surface area contributed by atoms with Crippen LogP contribution in [0.25, 0.3) is 0 Å². The molecule has 3 unspecified atom stereocenters. The molecule has 18 heavy (non-hydrogen) atoms. The Morgan fingerprint density at radius 1 is 1.28 bits per heavy atom. The standard InChI is InChI=1S/C13H22N2O3/c1-8-3-2-4-10(8)7-14-13(18)15-11(12(16)17)9-5-6-9/h8-11H,2-7H2,1H3,(H,16,17)(H2,14,15,18). The van der Waals surface area contributed by atoms with Gasteiger partial charge in [0, 0.05) is 6.54 Å². The van der Waals surface area contributed by atoms with E-state index < -0.39 is 12.0 Å². The Bertz CT molecular complexity index is 328. The van der Waals surface area contributed by atoms with E-state index in [2.05, 4.69) is 17.6 Å². The van der Waals surface area contributed by atoms with Gasteiger partial charge in [0.1, 0.15) is 6.04 Å². The highest BCUT2D eigenvalue weighted by Gasteiger charge is 2.37. The Kier molecular flexibility index (Phi) is 4.09. The smallest absolute Gasteiger partial charge is 0.326 e. The van der Waals surface area contributed by atoms with Crippen LogP contribution in [-0.4, -0.2) is 29.7 Å². The van der Waals surface area contributed by atoms with Gasteiger partial charge in [-0.15, -0.1) is 0 Å². The lowest BCUT2D eigenvalue weighted by Gasteiger charge is -2.18. The lowest BCUT2D eigenvalue weighted by molar-refractivity contribution is -0.139. The Morgan fingerprint density at radius 2 is 2.00 bits per heavy atom. The van der Waals surface area contributed by atoms with Crippen LogP contribution in [0.4, 0.5) is 4.79 Å². The zero-order valence-electron chi connectivity index (χ0n) is 10.8. The second-order valence-corrected chi connectivity index (χ2v) is 5.68. The van der Waals surface area contributed by atoms with Gasteiger partial charge in [-0.25, -0.2) is 9.59 Å². The number of hydrogen-bond donors (Lipinski definition) is 3. The maximum absolute atomic E-state index is 11.7. The van der Waals surface area contributed by atoms with Crippen LogP contribution >= 0.6 is 0 Å². The van der Waals surface area contributed by atoms with E-state index in [-0.39, 0.29) is 11.9 Å². The molecule has 102 valence electrons. The molecule has 0 aliphatic heterocycles. The average molecular weight is 254 g/mol. The Hall–Kier alpha value is -1.26. The fourth-order valence-electron chi connectivity index (χ4n) is 2.75. The zero-order chi connectivity index (χ0) is 13.1. The number of urea groups is 1. The number of rotatable bonds is 5. The first-order valence-corrected chi connectivity index (χ1v) is 6.85. The Morgan fingerprint density at radius 3 is 2.50 bits per heavy atom. The molecule has 2 aliphatic carbocycles. The van der Waals surface area contributed by atoms with E-state index in [1.54, 1.807) is 0 Å². The van der Waals surface area contributed by atoms with E-state index in [1.807, 2.05) is 0 Å². The molecule has 5 heteroatoms. The van der Waals surface area contributed by atoms with Crippen LogP contribution in [0.1, 0.15) is 39.0 Å². The van der Waals surface area contributed by atoms with Crippen molar-refractivity contribution in [1.82, 2.24) is 10.6 Å². The van der Waals surface area contributed by atoms with E-state index in [0.717, 1.165) is 19.3 Å². The summed E-state index contributed by atoms with van der Waals surface area (Å²) in [7, 11) is 0. The Labute approximate surface area is 107 Å². The molecule has 0 heterocycles. The number of carboxylic acid groups (broad SMARTS) is 1. The summed E-state index contributed by atoms with van der Waals surface area (Å²) in [6, 6.07) is -1.06. The largest absolute Gasteiger partial charge is 0.480 e. The molecule has 0 aromatic carbocycles. The summed E-state index contributed by atoms with van der Waals surface area (Å²) in [5.74, 6) is 0.393. The summed E-state index contributed by atoms with van der Waals surface area (Å²) in [6.45, 7) is 2.87. The van der Waals surface area contributed by atoms with E-state index in [0.29, 0.717) is 18.4 Å². The molecule has 2 amide bonds. The van der Waals surface area contributed by atoms with Gasteiger partial charge in [0.05, 0.1) is 0 Å². The highest BCUT2D eigenvalue weighted by atomic mass is 16.4. The van der Waals surface area contributed by atoms with Crippen molar-refractivity contribution in [3.63, 3.8) is 0 Å². The number of carboxylic acids is 1. The van der Waals surface area contributed by atoms with Crippen molar-refractivity contribution < 1.29 is 14.7 Å². The van der Waals surface area contributed by atoms with Crippen molar-refractivity contribution in [2.24, 2.45) is 17.8 Å². The molecular formula is C13H22N2O3. The minimum absolute atomic E-state index is 0.124. The lowest BCUT2D eigenvalue weighted by atomic mass is 9.98. The number of amides is 2. The molecule has 0 bridgehead atoms. The number of nitrogens with one attached hydrogen (secondary N) is 2. The molecule has 0 spiro atoms. The van der Waals surface area contributed by atoms with Gasteiger partial charge in [0.2, 0.25) is 0 Å². The van der Waals surface area contributed by atoms with Crippen molar-refractivity contribution >= 4 is 12.0 Å². The molecule has 3 atom stereocenters. The van der Waals surface area contributed by atoms with Crippen molar-refractivity contribution in [3.8, 4) is 0 Å². The molecule has 2 rings (SSSR count). The zero-order valence-corrected chi connectivity index (χ0v) is 10.8. The minimum atomic E-state index is -0.929. The highest BCUT2D eigenvalue weighted by Crippen LogP contribution is 2.33. The van der Waals surface area contributed by atoms with Crippen molar-refractivity contribution in [1.29, 1.82) is 0 Å². The SMILES string of the molecule is CC1CCCC1CNC(=O)NC(C(=O)O)C1CC1. The summed E-state index contributed by atoms with van der Waals surface area (Å²) in [5.41, 5.74) is 0. The van der Waals surface area contributed by atoms with Gasteiger partial charge < -0.3 is 15.7 Å². The van der Waals surface area contributed by atoms with E-state index >= 15 is 0 Å². The summed E-state index contributed by atoms with van der Waals surface area (Å²) in [6.07, 6.45) is 5.42. The molecule has 3 N–H and O–H groups in total. The second-order valence-electron chi connectivity index (χ2n) is 5.68. The van der Waals surface area contributed by atoms with Gasteiger partial charge in [-0.1, -0.05) is 19.8 Å². The molecule has 5 nitrogen and oxygen atoms in total. The normalized spacial score (nSPS) is 28.7. The third-order valence-electron chi connectivity index (χ3n) is 4.21. The van der Waals surface area contributed by atoms with E-state index in [4.69, 9.17) is 5.11 Å². The molecule has 2 saturated carbocycles. The quantitative estimate of drug-likeness (QED) is 0.697. The van der Waals surface area contributed by atoms with E-state index in [9.17, 15) is 9.59 Å². The molecule has 0 aromatic heterocycles. The molecule has 2 aliphatic rings. The van der Waals surface area contributed by atoms with Crippen LogP contribution in [0, 0.1) is 17.8 Å². The van der Waals surface area contributed by atoms with Crippen molar-refractivity contribution in [2.75, 3.05) is 6.54 Å².